The Morgan fingerprint density at radius 3 is 2.90 bits per heavy atom. The average molecular weight is 280 g/mol. The minimum absolute atomic E-state index is 0.00809. The molecule has 110 valence electrons. The van der Waals surface area contributed by atoms with Crippen molar-refractivity contribution in [3.05, 3.63) is 34.4 Å². The zero-order valence-corrected chi connectivity index (χ0v) is 11.9. The Labute approximate surface area is 118 Å². The number of hydrogen-bond donors (Lipinski definition) is 0. The van der Waals surface area contributed by atoms with E-state index in [-0.39, 0.29) is 11.2 Å². The fourth-order valence-corrected chi connectivity index (χ4v) is 2.30. The van der Waals surface area contributed by atoms with E-state index in [4.69, 9.17) is 9.47 Å². The monoisotopic (exact) mass is 280 g/mol. The Balaban J connectivity index is 1.91. The maximum atomic E-state index is 10.9. The van der Waals surface area contributed by atoms with Gasteiger partial charge in [-0.3, -0.25) is 15.0 Å². The lowest BCUT2D eigenvalue weighted by atomic mass is 10.0. The third kappa shape index (κ3) is 3.46. The van der Waals surface area contributed by atoms with Crippen molar-refractivity contribution in [2.75, 3.05) is 32.9 Å². The number of nitro groups is 1. The quantitative estimate of drug-likeness (QED) is 0.610. The molecule has 20 heavy (non-hydrogen) atoms. The molecule has 0 aromatic heterocycles. The molecule has 6 nitrogen and oxygen atoms in total. The number of hydrogen-bond acceptors (Lipinski definition) is 5. The standard InChI is InChI=1S/C14H20N2O4/c1-14(2)11-19-9-7-15(14)8-10-20-13-6-4-3-5-12(13)16(17)18/h3-6H,7-11H2,1-2H3. The van der Waals surface area contributed by atoms with Crippen molar-refractivity contribution >= 4 is 5.69 Å². The third-order valence-electron chi connectivity index (χ3n) is 3.50. The highest BCUT2D eigenvalue weighted by molar-refractivity contribution is 5.45. The minimum Gasteiger partial charge on any atom is -0.485 e. The van der Waals surface area contributed by atoms with Gasteiger partial charge in [-0.2, -0.15) is 0 Å². The maximum Gasteiger partial charge on any atom is 0.310 e. The van der Waals surface area contributed by atoms with Crippen molar-refractivity contribution in [3.8, 4) is 5.75 Å². The van der Waals surface area contributed by atoms with Crippen molar-refractivity contribution in [2.24, 2.45) is 0 Å². The van der Waals surface area contributed by atoms with Crippen molar-refractivity contribution in [1.82, 2.24) is 4.90 Å². The molecule has 1 aromatic rings. The summed E-state index contributed by atoms with van der Waals surface area (Å²) in [6.45, 7) is 7.66. The molecule has 6 heteroatoms. The van der Waals surface area contributed by atoms with Gasteiger partial charge in [0, 0.05) is 24.7 Å². The average Bonchev–Trinajstić information content (AvgIpc) is 2.41. The summed E-state index contributed by atoms with van der Waals surface area (Å²) >= 11 is 0. The first-order chi connectivity index (χ1) is 9.50. The van der Waals surface area contributed by atoms with Gasteiger partial charge < -0.3 is 9.47 Å². The summed E-state index contributed by atoms with van der Waals surface area (Å²) in [7, 11) is 0. The zero-order valence-electron chi connectivity index (χ0n) is 11.9. The first-order valence-electron chi connectivity index (χ1n) is 6.70. The Hall–Kier alpha value is -1.66. The summed E-state index contributed by atoms with van der Waals surface area (Å²) in [6, 6.07) is 6.45. The van der Waals surface area contributed by atoms with Gasteiger partial charge >= 0.3 is 5.69 Å². The summed E-state index contributed by atoms with van der Waals surface area (Å²) in [4.78, 5) is 12.7. The van der Waals surface area contributed by atoms with Crippen molar-refractivity contribution in [3.63, 3.8) is 0 Å². The molecular formula is C14H20N2O4. The second-order valence-corrected chi connectivity index (χ2v) is 5.43. The van der Waals surface area contributed by atoms with Crippen LogP contribution in [0.5, 0.6) is 5.75 Å². The zero-order chi connectivity index (χ0) is 14.6. The molecule has 0 N–H and O–H groups in total. The number of ether oxygens (including phenoxy) is 2. The molecule has 0 radical (unpaired) electrons. The molecule has 0 amide bonds. The van der Waals surface area contributed by atoms with E-state index in [9.17, 15) is 10.1 Å². The van der Waals surface area contributed by atoms with Gasteiger partial charge in [-0.1, -0.05) is 12.1 Å². The number of nitro benzene ring substituents is 1. The normalized spacial score (nSPS) is 18.7. The van der Waals surface area contributed by atoms with Crippen molar-refractivity contribution in [2.45, 2.75) is 19.4 Å². The molecule has 0 atom stereocenters. The lowest BCUT2D eigenvalue weighted by Crippen LogP contribution is -2.54. The van der Waals surface area contributed by atoms with Gasteiger partial charge in [-0.05, 0) is 19.9 Å². The summed E-state index contributed by atoms with van der Waals surface area (Å²) in [5, 5.41) is 10.9. The Bertz CT molecular complexity index is 476. The van der Waals surface area contributed by atoms with E-state index >= 15 is 0 Å². The highest BCUT2D eigenvalue weighted by Gasteiger charge is 2.30. The first kappa shape index (κ1) is 14.7. The number of para-hydroxylation sites is 2. The Morgan fingerprint density at radius 2 is 2.20 bits per heavy atom. The molecule has 0 aliphatic carbocycles. The molecule has 0 unspecified atom stereocenters. The van der Waals surface area contributed by atoms with Gasteiger partial charge in [-0.15, -0.1) is 0 Å². The largest absolute Gasteiger partial charge is 0.485 e. The highest BCUT2D eigenvalue weighted by atomic mass is 16.6. The lowest BCUT2D eigenvalue weighted by Gasteiger charge is -2.41. The van der Waals surface area contributed by atoms with Gasteiger partial charge in [0.25, 0.3) is 0 Å². The fourth-order valence-electron chi connectivity index (χ4n) is 2.30. The highest BCUT2D eigenvalue weighted by Crippen LogP contribution is 2.26. The van der Waals surface area contributed by atoms with E-state index in [0.29, 0.717) is 19.0 Å². The number of rotatable bonds is 5. The van der Waals surface area contributed by atoms with Crippen LogP contribution in [0.25, 0.3) is 0 Å². The molecule has 0 saturated carbocycles. The second-order valence-electron chi connectivity index (χ2n) is 5.43. The van der Waals surface area contributed by atoms with Crippen LogP contribution >= 0.6 is 0 Å². The molecule has 0 spiro atoms. The van der Waals surface area contributed by atoms with Crippen LogP contribution in [0.4, 0.5) is 5.69 Å². The Morgan fingerprint density at radius 1 is 1.45 bits per heavy atom. The molecule has 1 aromatic carbocycles. The van der Waals surface area contributed by atoms with Gasteiger partial charge in [0.1, 0.15) is 6.61 Å². The van der Waals surface area contributed by atoms with E-state index < -0.39 is 4.92 Å². The number of morpholine rings is 1. The third-order valence-corrected chi connectivity index (χ3v) is 3.50. The Kier molecular flexibility index (Phi) is 4.57. The topological polar surface area (TPSA) is 64.8 Å². The molecule has 1 fully saturated rings. The summed E-state index contributed by atoms with van der Waals surface area (Å²) in [6.07, 6.45) is 0. The van der Waals surface area contributed by atoms with Gasteiger partial charge in [-0.25, -0.2) is 0 Å². The van der Waals surface area contributed by atoms with Crippen molar-refractivity contribution < 1.29 is 14.4 Å². The van der Waals surface area contributed by atoms with Gasteiger partial charge in [0.2, 0.25) is 0 Å². The van der Waals surface area contributed by atoms with Crippen LogP contribution in [0.3, 0.4) is 0 Å². The minimum atomic E-state index is -0.423. The molecule has 1 aliphatic rings. The van der Waals surface area contributed by atoms with Crippen LogP contribution in [-0.2, 0) is 4.74 Å². The van der Waals surface area contributed by atoms with Crippen LogP contribution in [0, 0.1) is 10.1 Å². The summed E-state index contributed by atoms with van der Waals surface area (Å²) in [5.41, 5.74) is -0.0155. The number of nitrogens with zero attached hydrogens (tertiary/aromatic N) is 2. The molecular weight excluding hydrogens is 260 g/mol. The van der Waals surface area contributed by atoms with Gasteiger partial charge in [0.05, 0.1) is 18.1 Å². The molecule has 1 saturated heterocycles. The smallest absolute Gasteiger partial charge is 0.310 e. The predicted molar refractivity (Wildman–Crippen MR) is 75.1 cm³/mol. The van der Waals surface area contributed by atoms with Crippen LogP contribution in [0.2, 0.25) is 0 Å². The van der Waals surface area contributed by atoms with Crippen molar-refractivity contribution in [1.29, 1.82) is 0 Å². The van der Waals surface area contributed by atoms with Crippen LogP contribution in [0.15, 0.2) is 24.3 Å². The van der Waals surface area contributed by atoms with E-state index in [2.05, 4.69) is 18.7 Å². The van der Waals surface area contributed by atoms with E-state index in [1.54, 1.807) is 18.2 Å². The van der Waals surface area contributed by atoms with E-state index in [0.717, 1.165) is 19.7 Å². The maximum absolute atomic E-state index is 10.9. The van der Waals surface area contributed by atoms with E-state index in [1.807, 2.05) is 0 Å². The first-order valence-corrected chi connectivity index (χ1v) is 6.70. The summed E-state index contributed by atoms with van der Waals surface area (Å²) < 4.78 is 11.0. The van der Waals surface area contributed by atoms with Gasteiger partial charge in [0.15, 0.2) is 5.75 Å². The number of benzene rings is 1. The second kappa shape index (κ2) is 6.19. The summed E-state index contributed by atoms with van der Waals surface area (Å²) in [5.74, 6) is 0.323. The molecule has 1 heterocycles. The molecule has 2 rings (SSSR count). The van der Waals surface area contributed by atoms with Crippen LogP contribution < -0.4 is 4.74 Å². The van der Waals surface area contributed by atoms with Crippen LogP contribution in [0.1, 0.15) is 13.8 Å². The lowest BCUT2D eigenvalue weighted by molar-refractivity contribution is -0.385. The molecule has 1 aliphatic heterocycles. The fraction of sp³-hybridized carbons (Fsp3) is 0.571. The molecule has 0 bridgehead atoms. The van der Waals surface area contributed by atoms with Crippen LogP contribution in [-0.4, -0.2) is 48.3 Å². The predicted octanol–water partition coefficient (Wildman–Crippen LogP) is 2.08. The SMILES string of the molecule is CC1(C)COCCN1CCOc1ccccc1[N+](=O)[O-]. The van der Waals surface area contributed by atoms with E-state index in [1.165, 1.54) is 6.07 Å².